The molecule has 4 rings (SSSR count). The van der Waals surface area contributed by atoms with E-state index in [0.717, 1.165) is 38.0 Å². The first-order chi connectivity index (χ1) is 12.2. The van der Waals surface area contributed by atoms with Gasteiger partial charge in [-0.3, -0.25) is 0 Å². The number of benzene rings is 1. The Labute approximate surface area is 167 Å². The van der Waals surface area contributed by atoms with E-state index in [-0.39, 0.29) is 0 Å². The first-order valence-corrected chi connectivity index (χ1v) is 11.4. The zero-order valence-electron chi connectivity index (χ0n) is 15.1. The first-order valence-electron chi connectivity index (χ1n) is 8.92. The predicted molar refractivity (Wildman–Crippen MR) is 107 cm³/mol. The molecule has 0 N–H and O–H groups in total. The molecule has 140 valence electrons. The van der Waals surface area contributed by atoms with Crippen molar-refractivity contribution < 1.29 is 14.2 Å². The van der Waals surface area contributed by atoms with Gasteiger partial charge < -0.3 is 14.2 Å². The first kappa shape index (κ1) is 19.6. The van der Waals surface area contributed by atoms with Crippen LogP contribution in [0.5, 0.6) is 5.75 Å². The molecule has 0 spiro atoms. The van der Waals surface area contributed by atoms with Gasteiger partial charge in [0, 0.05) is 29.8 Å². The van der Waals surface area contributed by atoms with E-state index in [9.17, 15) is 0 Å². The van der Waals surface area contributed by atoms with E-state index in [2.05, 4.69) is 61.9 Å². The summed E-state index contributed by atoms with van der Waals surface area (Å²) in [7, 11) is 1.74. The van der Waals surface area contributed by atoms with E-state index in [1.165, 1.54) is 11.1 Å². The quantitative estimate of drug-likeness (QED) is 0.592. The SMILES string of the molecule is CBr.CCCC1(N2CCC3c4cc(OC)ccc4CC(Br)C32)OCO1. The van der Waals surface area contributed by atoms with Crippen molar-refractivity contribution in [2.45, 2.75) is 55.3 Å². The summed E-state index contributed by atoms with van der Waals surface area (Å²) in [6.07, 6.45) is 4.18. The maximum absolute atomic E-state index is 5.93. The van der Waals surface area contributed by atoms with E-state index in [1.807, 2.05) is 5.83 Å². The number of methoxy groups -OCH3 is 1. The molecule has 2 saturated heterocycles. The molecule has 3 unspecified atom stereocenters. The molecular formula is C19H27Br2NO3. The van der Waals surface area contributed by atoms with Crippen LogP contribution in [0.25, 0.3) is 0 Å². The molecule has 2 heterocycles. The van der Waals surface area contributed by atoms with Crippen LogP contribution < -0.4 is 4.74 Å². The van der Waals surface area contributed by atoms with Crippen LogP contribution in [0.2, 0.25) is 0 Å². The number of alkyl halides is 2. The Bertz CT molecular complexity index is 594. The van der Waals surface area contributed by atoms with Crippen molar-refractivity contribution in [3.8, 4) is 5.75 Å². The van der Waals surface area contributed by atoms with Crippen LogP contribution in [-0.4, -0.2) is 48.0 Å². The summed E-state index contributed by atoms with van der Waals surface area (Å²) in [5.74, 6) is 2.79. The molecule has 2 fully saturated rings. The highest BCUT2D eigenvalue weighted by Crippen LogP contribution is 2.49. The summed E-state index contributed by atoms with van der Waals surface area (Å²) in [6, 6.07) is 6.94. The molecule has 3 atom stereocenters. The molecule has 0 aromatic heterocycles. The molecule has 1 aromatic carbocycles. The zero-order valence-corrected chi connectivity index (χ0v) is 18.3. The number of ether oxygens (including phenoxy) is 3. The summed E-state index contributed by atoms with van der Waals surface area (Å²) < 4.78 is 17.3. The van der Waals surface area contributed by atoms with Crippen LogP contribution in [0.15, 0.2) is 18.2 Å². The number of fused-ring (bicyclic) bond motifs is 3. The van der Waals surface area contributed by atoms with Gasteiger partial charge in [0.1, 0.15) is 5.75 Å². The van der Waals surface area contributed by atoms with Gasteiger partial charge in [0.25, 0.3) is 0 Å². The molecule has 0 saturated carbocycles. The molecular weight excluding hydrogens is 450 g/mol. The fourth-order valence-corrected chi connectivity index (χ4v) is 5.53. The summed E-state index contributed by atoms with van der Waals surface area (Å²) >= 11 is 6.89. The van der Waals surface area contributed by atoms with Gasteiger partial charge in [-0.2, -0.15) is 0 Å². The predicted octanol–water partition coefficient (Wildman–Crippen LogP) is 4.64. The van der Waals surface area contributed by atoms with Gasteiger partial charge in [-0.15, -0.1) is 0 Å². The molecule has 0 bridgehead atoms. The average molecular weight is 477 g/mol. The number of rotatable bonds is 4. The second-order valence-electron chi connectivity index (χ2n) is 6.73. The monoisotopic (exact) mass is 475 g/mol. The molecule has 1 aliphatic carbocycles. The number of halogens is 2. The fourth-order valence-electron chi connectivity index (χ4n) is 4.53. The van der Waals surface area contributed by atoms with E-state index in [0.29, 0.717) is 23.6 Å². The number of nitrogens with zero attached hydrogens (tertiary/aromatic N) is 1. The largest absolute Gasteiger partial charge is 0.497 e. The lowest BCUT2D eigenvalue weighted by Crippen LogP contribution is -2.63. The van der Waals surface area contributed by atoms with Gasteiger partial charge in [-0.25, -0.2) is 4.90 Å². The van der Waals surface area contributed by atoms with E-state index in [1.54, 1.807) is 7.11 Å². The topological polar surface area (TPSA) is 30.9 Å². The number of hydrogen-bond acceptors (Lipinski definition) is 4. The van der Waals surface area contributed by atoms with Crippen molar-refractivity contribution in [3.05, 3.63) is 29.3 Å². The van der Waals surface area contributed by atoms with Crippen molar-refractivity contribution in [2.24, 2.45) is 0 Å². The summed E-state index contributed by atoms with van der Waals surface area (Å²) in [6.45, 7) is 3.63. The minimum absolute atomic E-state index is 0.418. The summed E-state index contributed by atoms with van der Waals surface area (Å²) in [5.41, 5.74) is 2.88. The Morgan fingerprint density at radius 2 is 2.08 bits per heavy atom. The second-order valence-corrected chi connectivity index (χ2v) is 7.91. The maximum atomic E-state index is 5.93. The van der Waals surface area contributed by atoms with Crippen molar-refractivity contribution >= 4 is 31.9 Å². The van der Waals surface area contributed by atoms with Gasteiger partial charge in [0.05, 0.1) is 7.11 Å². The lowest BCUT2D eigenvalue weighted by molar-refractivity contribution is -0.459. The normalized spacial score (nSPS) is 29.7. The lowest BCUT2D eigenvalue weighted by Gasteiger charge is -2.51. The number of likely N-dealkylation sites (tertiary alicyclic amines) is 1. The minimum atomic E-state index is -0.490. The highest BCUT2D eigenvalue weighted by atomic mass is 79.9. The van der Waals surface area contributed by atoms with Gasteiger partial charge in [-0.05, 0) is 48.4 Å². The molecule has 1 aromatic rings. The Morgan fingerprint density at radius 3 is 2.68 bits per heavy atom. The third-order valence-electron chi connectivity index (χ3n) is 5.56. The molecule has 3 aliphatic rings. The van der Waals surface area contributed by atoms with Crippen LogP contribution >= 0.6 is 31.9 Å². The Kier molecular flexibility index (Phi) is 6.48. The highest BCUT2D eigenvalue weighted by molar-refractivity contribution is 9.09. The van der Waals surface area contributed by atoms with Gasteiger partial charge in [0.2, 0.25) is 5.91 Å². The van der Waals surface area contributed by atoms with E-state index < -0.39 is 5.91 Å². The van der Waals surface area contributed by atoms with Crippen LogP contribution in [0, 0.1) is 0 Å². The van der Waals surface area contributed by atoms with Crippen molar-refractivity contribution in [1.82, 2.24) is 4.90 Å². The van der Waals surface area contributed by atoms with Crippen LogP contribution in [-0.2, 0) is 15.9 Å². The van der Waals surface area contributed by atoms with Crippen molar-refractivity contribution in [1.29, 1.82) is 0 Å². The fraction of sp³-hybridized carbons (Fsp3) is 0.684. The van der Waals surface area contributed by atoms with Crippen LogP contribution in [0.1, 0.15) is 43.2 Å². The smallest absolute Gasteiger partial charge is 0.234 e. The molecule has 2 aliphatic heterocycles. The third-order valence-corrected chi connectivity index (χ3v) is 6.43. The van der Waals surface area contributed by atoms with Gasteiger partial charge in [0.15, 0.2) is 6.79 Å². The molecule has 6 heteroatoms. The van der Waals surface area contributed by atoms with Gasteiger partial charge in [-0.1, -0.05) is 44.8 Å². The van der Waals surface area contributed by atoms with E-state index >= 15 is 0 Å². The van der Waals surface area contributed by atoms with Crippen LogP contribution in [0.3, 0.4) is 0 Å². The summed E-state index contributed by atoms with van der Waals surface area (Å²) in [4.78, 5) is 2.89. The Balaban J connectivity index is 0.000000880. The minimum Gasteiger partial charge on any atom is -0.497 e. The second kappa shape index (κ2) is 8.26. The maximum Gasteiger partial charge on any atom is 0.234 e. The molecule has 4 nitrogen and oxygen atoms in total. The van der Waals surface area contributed by atoms with Crippen molar-refractivity contribution in [3.63, 3.8) is 0 Å². The Hall–Kier alpha value is -0.140. The van der Waals surface area contributed by atoms with E-state index in [4.69, 9.17) is 14.2 Å². The number of hydrogen-bond donors (Lipinski definition) is 0. The zero-order chi connectivity index (χ0) is 18.0. The highest BCUT2D eigenvalue weighted by Gasteiger charge is 2.55. The average Bonchev–Trinajstić information content (AvgIpc) is 3.06. The Morgan fingerprint density at radius 1 is 1.32 bits per heavy atom. The standard InChI is InChI=1S/C18H24BrNO3.CH3Br/c1-3-7-18(22-11-23-18)20-8-6-14-15-10-13(21-2)5-4-12(15)9-16(19)17(14)20;1-2/h4-5,10,14,16-17H,3,6-9,11H2,1-2H3;1H3. The van der Waals surface area contributed by atoms with Gasteiger partial charge >= 0.3 is 0 Å². The summed E-state index contributed by atoms with van der Waals surface area (Å²) in [5, 5.41) is 0. The van der Waals surface area contributed by atoms with Crippen LogP contribution in [0.4, 0.5) is 0 Å². The third kappa shape index (κ3) is 3.41. The lowest BCUT2D eigenvalue weighted by atomic mass is 9.79. The molecule has 0 amide bonds. The molecule has 0 radical (unpaired) electrons. The van der Waals surface area contributed by atoms with Crippen molar-refractivity contribution in [2.75, 3.05) is 26.3 Å². The molecule has 25 heavy (non-hydrogen) atoms.